The molecule has 0 aromatic heterocycles. The molecular weight excluding hydrogens is 360 g/mol. The van der Waals surface area contributed by atoms with Gasteiger partial charge in [0.2, 0.25) is 0 Å². The van der Waals surface area contributed by atoms with Crippen LogP contribution in [0.1, 0.15) is 12.0 Å². The quantitative estimate of drug-likeness (QED) is 0.335. The van der Waals surface area contributed by atoms with Crippen LogP contribution in [0.15, 0.2) is 41.5 Å². The molecule has 0 N–H and O–H groups in total. The van der Waals surface area contributed by atoms with E-state index in [1.54, 1.807) is 24.3 Å². The summed E-state index contributed by atoms with van der Waals surface area (Å²) >= 11 is 0. The molecule has 6 atom stereocenters. The van der Waals surface area contributed by atoms with Crippen molar-refractivity contribution in [2.24, 2.45) is 40.6 Å². The van der Waals surface area contributed by atoms with Gasteiger partial charge in [-0.2, -0.15) is 10.1 Å². The average Bonchev–Trinajstić information content (AvgIpc) is 3.50. The lowest BCUT2D eigenvalue weighted by atomic mass is 9.63. The van der Waals surface area contributed by atoms with Crippen molar-refractivity contribution in [3.63, 3.8) is 0 Å². The predicted octanol–water partition coefficient (Wildman–Crippen LogP) is 1.63. The van der Waals surface area contributed by atoms with Crippen molar-refractivity contribution in [2.45, 2.75) is 6.42 Å². The molecule has 1 aromatic rings. The van der Waals surface area contributed by atoms with Gasteiger partial charge in [-0.15, -0.1) is 0 Å². The number of hydrogen-bond acceptors (Lipinski definition) is 6. The van der Waals surface area contributed by atoms with Crippen LogP contribution in [0.4, 0.5) is 0 Å². The van der Waals surface area contributed by atoms with Crippen LogP contribution >= 0.6 is 0 Å². The first kappa shape index (κ1) is 17.2. The van der Waals surface area contributed by atoms with Crippen molar-refractivity contribution < 1.29 is 23.9 Å². The van der Waals surface area contributed by atoms with Gasteiger partial charge in [0.25, 0.3) is 11.8 Å². The van der Waals surface area contributed by atoms with E-state index in [0.29, 0.717) is 17.6 Å². The van der Waals surface area contributed by atoms with Crippen molar-refractivity contribution in [1.82, 2.24) is 5.01 Å². The summed E-state index contributed by atoms with van der Waals surface area (Å²) in [6.07, 6.45) is 6.94. The summed E-state index contributed by atoms with van der Waals surface area (Å²) in [5, 5.41) is 5.26. The monoisotopic (exact) mass is 380 g/mol. The largest absolute Gasteiger partial charge is 0.482 e. The minimum Gasteiger partial charge on any atom is -0.482 e. The minimum absolute atomic E-state index is 0.165. The molecule has 2 amide bonds. The van der Waals surface area contributed by atoms with E-state index in [2.05, 4.69) is 22.0 Å². The fourth-order valence-corrected chi connectivity index (χ4v) is 5.03. The normalized spacial score (nSPS) is 34.5. The second-order valence-corrected chi connectivity index (χ2v) is 7.82. The Morgan fingerprint density at radius 2 is 1.71 bits per heavy atom. The van der Waals surface area contributed by atoms with Gasteiger partial charge >= 0.3 is 5.97 Å². The van der Waals surface area contributed by atoms with Gasteiger partial charge in [0.05, 0.1) is 25.2 Å². The molecule has 1 aliphatic heterocycles. The lowest BCUT2D eigenvalue weighted by molar-refractivity contribution is -0.143. The van der Waals surface area contributed by atoms with E-state index in [9.17, 15) is 14.4 Å². The Kier molecular flexibility index (Phi) is 3.86. The summed E-state index contributed by atoms with van der Waals surface area (Å²) in [5.41, 5.74) is 0.727. The van der Waals surface area contributed by atoms with Gasteiger partial charge < -0.3 is 9.47 Å². The first-order chi connectivity index (χ1) is 13.6. The zero-order valence-electron chi connectivity index (χ0n) is 15.4. The molecule has 5 aliphatic rings. The van der Waals surface area contributed by atoms with E-state index in [0.717, 1.165) is 17.0 Å². The molecule has 1 saturated heterocycles. The molecule has 1 aromatic carbocycles. The molecule has 2 saturated carbocycles. The summed E-state index contributed by atoms with van der Waals surface area (Å²) in [4.78, 5) is 36.8. The minimum atomic E-state index is -0.459. The van der Waals surface area contributed by atoms with Crippen LogP contribution in [0.3, 0.4) is 0 Å². The van der Waals surface area contributed by atoms with Crippen molar-refractivity contribution >= 4 is 24.0 Å². The second-order valence-electron chi connectivity index (χ2n) is 7.82. The zero-order valence-corrected chi connectivity index (χ0v) is 15.4. The van der Waals surface area contributed by atoms with E-state index in [1.807, 2.05) is 0 Å². The number of imide groups is 1. The van der Waals surface area contributed by atoms with Crippen molar-refractivity contribution in [2.75, 3.05) is 13.7 Å². The number of allylic oxidation sites excluding steroid dienone is 2. The number of benzene rings is 1. The Balaban J connectivity index is 1.28. The number of hydrazone groups is 1. The third kappa shape index (κ3) is 2.57. The van der Waals surface area contributed by atoms with E-state index in [-0.39, 0.29) is 42.1 Å². The number of carbonyl (C=O) groups is 3. The van der Waals surface area contributed by atoms with Crippen molar-refractivity contribution in [3.05, 3.63) is 42.0 Å². The van der Waals surface area contributed by atoms with E-state index in [1.165, 1.54) is 13.3 Å². The molecule has 7 nitrogen and oxygen atoms in total. The van der Waals surface area contributed by atoms with Crippen LogP contribution in [0.2, 0.25) is 0 Å². The number of esters is 1. The van der Waals surface area contributed by atoms with Gasteiger partial charge in [-0.05, 0) is 59.9 Å². The lowest BCUT2D eigenvalue weighted by Crippen LogP contribution is -2.40. The van der Waals surface area contributed by atoms with Gasteiger partial charge in [0.1, 0.15) is 5.75 Å². The van der Waals surface area contributed by atoms with Crippen LogP contribution in [-0.2, 0) is 19.1 Å². The molecule has 2 bridgehead atoms. The highest BCUT2D eigenvalue weighted by molar-refractivity contribution is 6.06. The predicted molar refractivity (Wildman–Crippen MR) is 98.1 cm³/mol. The Bertz CT molecular complexity index is 870. The van der Waals surface area contributed by atoms with E-state index >= 15 is 0 Å². The third-order valence-electron chi connectivity index (χ3n) is 6.43. The second kappa shape index (κ2) is 6.29. The first-order valence-corrected chi connectivity index (χ1v) is 9.48. The molecule has 3 fully saturated rings. The molecule has 0 spiro atoms. The molecule has 0 unspecified atom stereocenters. The lowest BCUT2D eigenvalue weighted by Gasteiger charge is -2.37. The standard InChI is InChI=1S/C21H20N2O5/c1-27-17(24)10-28-12-4-2-11(3-5-12)9-22-23-20(25)18-13-6-7-14(16-8-15(13)16)19(18)21(23)26/h2-7,9,13-16,18-19H,8,10H2,1H3/b22-9-/t13-,14-,15-,16-,18+,19+/m0/s1. The maximum atomic E-state index is 12.9. The van der Waals surface area contributed by atoms with Crippen molar-refractivity contribution in [1.29, 1.82) is 0 Å². The fourth-order valence-electron chi connectivity index (χ4n) is 5.03. The van der Waals surface area contributed by atoms with Crippen molar-refractivity contribution in [3.8, 4) is 5.75 Å². The van der Waals surface area contributed by atoms with Gasteiger partial charge in [-0.3, -0.25) is 9.59 Å². The summed E-state index contributed by atoms with van der Waals surface area (Å²) in [5.74, 6) is 0.788. The molecule has 6 rings (SSSR count). The number of rotatable bonds is 5. The van der Waals surface area contributed by atoms with Crippen LogP contribution in [0, 0.1) is 35.5 Å². The van der Waals surface area contributed by atoms with Gasteiger partial charge in [-0.25, -0.2) is 4.79 Å². The van der Waals surface area contributed by atoms with Gasteiger partial charge in [0.15, 0.2) is 6.61 Å². The van der Waals surface area contributed by atoms with E-state index in [4.69, 9.17) is 4.74 Å². The molecule has 1 heterocycles. The number of nitrogens with zero attached hydrogens (tertiary/aromatic N) is 2. The highest BCUT2D eigenvalue weighted by atomic mass is 16.6. The van der Waals surface area contributed by atoms with Gasteiger partial charge in [-0.1, -0.05) is 12.2 Å². The smallest absolute Gasteiger partial charge is 0.343 e. The molecule has 4 aliphatic carbocycles. The Hall–Kier alpha value is -2.96. The number of methoxy groups -OCH3 is 1. The third-order valence-corrected chi connectivity index (χ3v) is 6.43. The number of carbonyl (C=O) groups excluding carboxylic acids is 3. The summed E-state index contributed by atoms with van der Waals surface area (Å²) in [6.45, 7) is -0.165. The summed E-state index contributed by atoms with van der Waals surface area (Å²) in [6, 6.07) is 6.87. The molecule has 7 heteroatoms. The number of hydrogen-bond donors (Lipinski definition) is 0. The SMILES string of the molecule is COC(=O)COc1ccc(/C=N\N2C(=O)[C@@H]3[C@H]4C=C[C@@H]([C@@H]5C[C@@H]45)[C@H]3C2=O)cc1. The topological polar surface area (TPSA) is 85.3 Å². The highest BCUT2D eigenvalue weighted by Crippen LogP contribution is 2.65. The van der Waals surface area contributed by atoms with Crippen LogP contribution in [-0.4, -0.2) is 42.7 Å². The Labute approximate surface area is 162 Å². The molecular formula is C21H20N2O5. The van der Waals surface area contributed by atoms with E-state index < -0.39 is 5.97 Å². The Morgan fingerprint density at radius 1 is 1.11 bits per heavy atom. The maximum Gasteiger partial charge on any atom is 0.343 e. The maximum absolute atomic E-state index is 12.9. The number of ether oxygens (including phenoxy) is 2. The van der Waals surface area contributed by atoms with Gasteiger partial charge in [0, 0.05) is 0 Å². The highest BCUT2D eigenvalue weighted by Gasteiger charge is 2.67. The van der Waals surface area contributed by atoms with Crippen LogP contribution in [0.25, 0.3) is 0 Å². The number of amides is 2. The molecule has 28 heavy (non-hydrogen) atoms. The van der Waals surface area contributed by atoms with Crippen LogP contribution in [0.5, 0.6) is 5.75 Å². The first-order valence-electron chi connectivity index (χ1n) is 9.48. The summed E-state index contributed by atoms with van der Waals surface area (Å²) < 4.78 is 9.81. The Morgan fingerprint density at radius 3 is 2.29 bits per heavy atom. The summed E-state index contributed by atoms with van der Waals surface area (Å²) in [7, 11) is 1.30. The van der Waals surface area contributed by atoms with Crippen LogP contribution < -0.4 is 4.74 Å². The molecule has 0 radical (unpaired) electrons. The average molecular weight is 380 g/mol. The zero-order chi connectivity index (χ0) is 19.4. The fraction of sp³-hybridized carbons (Fsp3) is 0.429. The molecule has 144 valence electrons.